The van der Waals surface area contributed by atoms with Gasteiger partial charge in [0, 0.05) is 30.9 Å². The molecule has 2 aliphatic carbocycles. The molecule has 1 N–H and O–H groups in total. The van der Waals surface area contributed by atoms with Crippen LogP contribution in [0.5, 0.6) is 11.6 Å². The first-order chi connectivity index (χ1) is 16.0. The largest absolute Gasteiger partial charge is 0.489 e. The number of hydrogen-bond donors (Lipinski definition) is 1. The molecular formula is C26H30N4O3. The lowest BCUT2D eigenvalue weighted by Crippen LogP contribution is -2.33. The molecule has 3 aliphatic rings. The molecule has 2 heterocycles. The molecule has 1 saturated heterocycles. The summed E-state index contributed by atoms with van der Waals surface area (Å²) in [6.45, 7) is 4.45. The van der Waals surface area contributed by atoms with E-state index < -0.39 is 5.41 Å². The van der Waals surface area contributed by atoms with Gasteiger partial charge in [-0.2, -0.15) is 5.26 Å². The van der Waals surface area contributed by atoms with E-state index in [0.29, 0.717) is 24.6 Å². The number of benzene rings is 1. The summed E-state index contributed by atoms with van der Waals surface area (Å²) in [4.78, 5) is 18.9. The van der Waals surface area contributed by atoms with E-state index in [-0.39, 0.29) is 18.1 Å². The molecule has 1 aliphatic heterocycles. The topological polar surface area (TPSA) is 87.5 Å². The first-order valence-corrected chi connectivity index (χ1v) is 11.9. The molecule has 0 radical (unpaired) electrons. The highest BCUT2D eigenvalue weighted by Gasteiger charge is 2.50. The fourth-order valence-corrected chi connectivity index (χ4v) is 4.18. The Kier molecular flexibility index (Phi) is 5.84. The van der Waals surface area contributed by atoms with Crippen LogP contribution < -0.4 is 19.7 Å². The van der Waals surface area contributed by atoms with Crippen molar-refractivity contribution in [3.63, 3.8) is 0 Å². The Morgan fingerprint density at radius 2 is 2.06 bits per heavy atom. The maximum absolute atomic E-state index is 12.3. The number of rotatable bonds is 9. The predicted molar refractivity (Wildman–Crippen MR) is 124 cm³/mol. The van der Waals surface area contributed by atoms with E-state index in [4.69, 9.17) is 9.47 Å². The summed E-state index contributed by atoms with van der Waals surface area (Å²) in [6, 6.07) is 13.9. The third-order valence-corrected chi connectivity index (χ3v) is 6.82. The van der Waals surface area contributed by atoms with Crippen LogP contribution in [0.1, 0.15) is 50.6 Å². The second-order valence-electron chi connectivity index (χ2n) is 9.54. The quantitative estimate of drug-likeness (QED) is 0.626. The number of amides is 1. The van der Waals surface area contributed by atoms with Crippen LogP contribution in [-0.2, 0) is 4.79 Å². The van der Waals surface area contributed by atoms with E-state index in [1.807, 2.05) is 49.5 Å². The smallest absolute Gasteiger partial charge is 0.240 e. The van der Waals surface area contributed by atoms with Crippen LogP contribution in [0.4, 0.5) is 5.69 Å². The maximum Gasteiger partial charge on any atom is 0.240 e. The van der Waals surface area contributed by atoms with Gasteiger partial charge >= 0.3 is 0 Å². The van der Waals surface area contributed by atoms with Crippen molar-refractivity contribution in [2.45, 2.75) is 51.2 Å². The summed E-state index contributed by atoms with van der Waals surface area (Å²) < 4.78 is 12.0. The molecule has 2 saturated carbocycles. The van der Waals surface area contributed by atoms with E-state index in [2.05, 4.69) is 21.3 Å². The van der Waals surface area contributed by atoms with E-state index >= 15 is 0 Å². The number of nitrogens with zero attached hydrogens (tertiary/aromatic N) is 3. The number of ether oxygens (including phenoxy) is 2. The molecule has 7 heteroatoms. The monoisotopic (exact) mass is 446 g/mol. The number of hydrogen-bond acceptors (Lipinski definition) is 6. The summed E-state index contributed by atoms with van der Waals surface area (Å²) >= 11 is 0. The Morgan fingerprint density at radius 1 is 1.27 bits per heavy atom. The van der Waals surface area contributed by atoms with Gasteiger partial charge in [0.2, 0.25) is 11.8 Å². The lowest BCUT2D eigenvalue weighted by Gasteiger charge is -2.20. The molecule has 33 heavy (non-hydrogen) atoms. The van der Waals surface area contributed by atoms with E-state index in [1.54, 1.807) is 0 Å². The van der Waals surface area contributed by atoms with E-state index in [1.165, 1.54) is 12.8 Å². The van der Waals surface area contributed by atoms with Crippen molar-refractivity contribution < 1.29 is 14.3 Å². The van der Waals surface area contributed by atoms with Gasteiger partial charge in [0.15, 0.2) is 0 Å². The molecule has 0 bridgehead atoms. The SMILES string of the molecule is C[C@H](NC(=O)C1(C#N)CC1)c1ccc(O[C@@H]2CCN(c3ccnc(OCC4CC4)c3)C2)cc1. The van der Waals surface area contributed by atoms with Crippen molar-refractivity contribution >= 4 is 11.6 Å². The summed E-state index contributed by atoms with van der Waals surface area (Å²) in [6.07, 6.45) is 6.71. The van der Waals surface area contributed by atoms with Gasteiger partial charge in [-0.3, -0.25) is 4.79 Å². The van der Waals surface area contributed by atoms with Gasteiger partial charge in [0.05, 0.1) is 25.3 Å². The highest BCUT2D eigenvalue weighted by atomic mass is 16.5. The first-order valence-electron chi connectivity index (χ1n) is 11.9. The minimum Gasteiger partial charge on any atom is -0.489 e. The summed E-state index contributed by atoms with van der Waals surface area (Å²) in [5.74, 6) is 2.06. The fourth-order valence-electron chi connectivity index (χ4n) is 4.18. The Morgan fingerprint density at radius 3 is 2.76 bits per heavy atom. The first kappa shape index (κ1) is 21.6. The molecule has 1 amide bonds. The predicted octanol–water partition coefficient (Wildman–Crippen LogP) is 4.01. The Balaban J connectivity index is 1.13. The van der Waals surface area contributed by atoms with E-state index in [9.17, 15) is 10.1 Å². The zero-order valence-electron chi connectivity index (χ0n) is 19.0. The standard InChI is InChI=1S/C26H30N4O3/c1-18(29-25(31)26(17-27)10-11-26)20-4-6-22(7-5-20)33-23-9-13-30(15-23)21-8-12-28-24(14-21)32-16-19-2-3-19/h4-8,12,14,18-19,23H,2-3,9-11,13,15-16H2,1H3,(H,29,31)/t18-,23+/m0/s1. The number of pyridine rings is 1. The zero-order valence-corrected chi connectivity index (χ0v) is 19.0. The number of nitrogens with one attached hydrogen (secondary N) is 1. The Labute approximate surface area is 194 Å². The highest BCUT2D eigenvalue weighted by molar-refractivity contribution is 5.88. The van der Waals surface area contributed by atoms with Gasteiger partial charge in [-0.25, -0.2) is 4.98 Å². The van der Waals surface area contributed by atoms with Crippen LogP contribution in [0.25, 0.3) is 0 Å². The second kappa shape index (κ2) is 8.93. The average Bonchev–Trinajstić information content (AvgIpc) is 3.77. The minimum absolute atomic E-state index is 0.113. The molecule has 2 atom stereocenters. The highest BCUT2D eigenvalue weighted by Crippen LogP contribution is 2.45. The second-order valence-corrected chi connectivity index (χ2v) is 9.54. The van der Waals surface area contributed by atoms with Gasteiger partial charge in [-0.05, 0) is 62.3 Å². The van der Waals surface area contributed by atoms with Gasteiger partial charge < -0.3 is 19.7 Å². The number of aromatic nitrogens is 1. The summed E-state index contributed by atoms with van der Waals surface area (Å²) in [7, 11) is 0. The van der Waals surface area contributed by atoms with Crippen LogP contribution in [0.2, 0.25) is 0 Å². The molecule has 3 fully saturated rings. The number of nitriles is 1. The third-order valence-electron chi connectivity index (χ3n) is 6.82. The van der Waals surface area contributed by atoms with Crippen molar-refractivity contribution in [2.75, 3.05) is 24.6 Å². The average molecular weight is 447 g/mol. The minimum atomic E-state index is -0.801. The number of carbonyl (C=O) groups is 1. The van der Waals surface area contributed by atoms with Crippen LogP contribution in [0, 0.1) is 22.7 Å². The molecule has 2 aromatic rings. The van der Waals surface area contributed by atoms with Gasteiger partial charge in [0.25, 0.3) is 0 Å². The Hall–Kier alpha value is -3.27. The molecule has 1 aromatic heterocycles. The fraction of sp³-hybridized carbons (Fsp3) is 0.500. The van der Waals surface area contributed by atoms with Gasteiger partial charge in [-0.15, -0.1) is 0 Å². The van der Waals surface area contributed by atoms with Gasteiger partial charge in [-0.1, -0.05) is 12.1 Å². The molecule has 7 nitrogen and oxygen atoms in total. The van der Waals surface area contributed by atoms with Crippen LogP contribution >= 0.6 is 0 Å². The Bertz CT molecular complexity index is 1040. The van der Waals surface area contributed by atoms with Crippen LogP contribution in [0.15, 0.2) is 42.6 Å². The lowest BCUT2D eigenvalue weighted by atomic mass is 10.1. The molecule has 1 aromatic carbocycles. The van der Waals surface area contributed by atoms with E-state index in [0.717, 1.165) is 43.1 Å². The van der Waals surface area contributed by atoms with Crippen molar-refractivity contribution in [1.29, 1.82) is 5.26 Å². The zero-order chi connectivity index (χ0) is 22.8. The number of carbonyl (C=O) groups excluding carboxylic acids is 1. The molecule has 172 valence electrons. The van der Waals surface area contributed by atoms with Crippen LogP contribution in [-0.4, -0.2) is 36.7 Å². The lowest BCUT2D eigenvalue weighted by molar-refractivity contribution is -0.125. The maximum atomic E-state index is 12.3. The van der Waals surface area contributed by atoms with Crippen molar-refractivity contribution in [3.05, 3.63) is 48.2 Å². The molecule has 0 unspecified atom stereocenters. The van der Waals surface area contributed by atoms with Crippen LogP contribution in [0.3, 0.4) is 0 Å². The van der Waals surface area contributed by atoms with Gasteiger partial charge in [0.1, 0.15) is 17.3 Å². The van der Waals surface area contributed by atoms with Crippen molar-refractivity contribution in [3.8, 4) is 17.7 Å². The molecule has 5 rings (SSSR count). The molecule has 0 spiro atoms. The summed E-state index contributed by atoms with van der Waals surface area (Å²) in [5, 5.41) is 12.2. The summed E-state index contributed by atoms with van der Waals surface area (Å²) in [5.41, 5.74) is 1.31. The van der Waals surface area contributed by atoms with Crippen molar-refractivity contribution in [1.82, 2.24) is 10.3 Å². The molecular weight excluding hydrogens is 416 g/mol. The number of anilines is 1. The van der Waals surface area contributed by atoms with Crippen molar-refractivity contribution in [2.24, 2.45) is 11.3 Å². The normalized spacial score (nSPS) is 21.7. The third kappa shape index (κ3) is 5.05.